The third kappa shape index (κ3) is 5.54. The fourth-order valence-electron chi connectivity index (χ4n) is 4.19. The van der Waals surface area contributed by atoms with Crippen molar-refractivity contribution in [3.05, 3.63) is 106 Å². The minimum Gasteiger partial charge on any atom is -0.322 e. The first kappa shape index (κ1) is 22.0. The molecule has 162 valence electrons. The van der Waals surface area contributed by atoms with E-state index in [0.29, 0.717) is 27.8 Å². The maximum Gasteiger partial charge on any atom is 0.257 e. The molecule has 3 aromatic carbocycles. The molecule has 0 aromatic heterocycles. The molecule has 0 bridgehead atoms. The van der Waals surface area contributed by atoms with Gasteiger partial charge in [0.15, 0.2) is 5.78 Å². The Balaban J connectivity index is 1.40. The summed E-state index contributed by atoms with van der Waals surface area (Å²) < 4.78 is 0. The summed E-state index contributed by atoms with van der Waals surface area (Å²) in [6.07, 6.45) is 9.76. The van der Waals surface area contributed by atoms with E-state index in [2.05, 4.69) is 17.4 Å². The Morgan fingerprint density at radius 2 is 1.62 bits per heavy atom. The van der Waals surface area contributed by atoms with Crippen LogP contribution in [0.25, 0.3) is 6.08 Å². The molecule has 4 heteroatoms. The van der Waals surface area contributed by atoms with E-state index in [1.165, 1.54) is 37.7 Å². The molecule has 4 rings (SSSR count). The van der Waals surface area contributed by atoms with Crippen molar-refractivity contribution in [1.82, 2.24) is 0 Å². The van der Waals surface area contributed by atoms with E-state index in [1.807, 2.05) is 30.3 Å². The molecule has 0 aliphatic heterocycles. The zero-order valence-electron chi connectivity index (χ0n) is 17.9. The van der Waals surface area contributed by atoms with Gasteiger partial charge in [0.05, 0.1) is 10.6 Å². The van der Waals surface area contributed by atoms with Crippen LogP contribution in [0.15, 0.2) is 78.9 Å². The Morgan fingerprint density at radius 3 is 2.38 bits per heavy atom. The fourth-order valence-corrected chi connectivity index (χ4v) is 4.41. The number of allylic oxidation sites excluding steroid dienone is 1. The molecule has 0 heterocycles. The molecule has 0 atom stereocenters. The fraction of sp³-hybridized carbons (Fsp3) is 0.214. The van der Waals surface area contributed by atoms with Gasteiger partial charge in [-0.05, 0) is 60.2 Å². The number of carbonyl (C=O) groups excluding carboxylic acids is 2. The highest BCUT2D eigenvalue weighted by Gasteiger charge is 2.15. The number of nitrogens with one attached hydrogen (secondary N) is 1. The Morgan fingerprint density at radius 1 is 0.875 bits per heavy atom. The number of anilines is 1. The van der Waals surface area contributed by atoms with Crippen LogP contribution in [-0.4, -0.2) is 11.7 Å². The summed E-state index contributed by atoms with van der Waals surface area (Å²) in [5.41, 5.74) is 3.91. The van der Waals surface area contributed by atoms with E-state index in [-0.39, 0.29) is 11.7 Å². The predicted molar refractivity (Wildman–Crippen MR) is 131 cm³/mol. The molecular weight excluding hydrogens is 418 g/mol. The maximum absolute atomic E-state index is 12.6. The first-order valence-electron chi connectivity index (χ1n) is 11.1. The molecule has 32 heavy (non-hydrogen) atoms. The summed E-state index contributed by atoms with van der Waals surface area (Å²) in [5.74, 6) is 0.323. The molecule has 3 nitrogen and oxygen atoms in total. The van der Waals surface area contributed by atoms with E-state index in [4.69, 9.17) is 11.6 Å². The van der Waals surface area contributed by atoms with Gasteiger partial charge in [0.2, 0.25) is 0 Å². The molecule has 0 saturated heterocycles. The van der Waals surface area contributed by atoms with E-state index >= 15 is 0 Å². The van der Waals surface area contributed by atoms with Crippen molar-refractivity contribution in [2.75, 3.05) is 5.32 Å². The average Bonchev–Trinajstić information content (AvgIpc) is 2.83. The van der Waals surface area contributed by atoms with Gasteiger partial charge in [-0.2, -0.15) is 0 Å². The van der Waals surface area contributed by atoms with Crippen molar-refractivity contribution in [1.29, 1.82) is 0 Å². The highest BCUT2D eigenvalue weighted by atomic mass is 35.5. The largest absolute Gasteiger partial charge is 0.322 e. The molecular formula is C28H26ClNO2. The Labute approximate surface area is 194 Å². The number of amides is 1. The second-order valence-electron chi connectivity index (χ2n) is 8.21. The van der Waals surface area contributed by atoms with Crippen molar-refractivity contribution in [2.45, 2.75) is 38.0 Å². The van der Waals surface area contributed by atoms with Crippen LogP contribution in [0.3, 0.4) is 0 Å². The summed E-state index contributed by atoms with van der Waals surface area (Å²) in [6, 6.07) is 22.3. The Bertz CT molecular complexity index is 1130. The lowest BCUT2D eigenvalue weighted by Gasteiger charge is -2.21. The van der Waals surface area contributed by atoms with Gasteiger partial charge in [-0.1, -0.05) is 85.5 Å². The summed E-state index contributed by atoms with van der Waals surface area (Å²) in [6.45, 7) is 0. The monoisotopic (exact) mass is 443 g/mol. The van der Waals surface area contributed by atoms with Crippen LogP contribution in [0.5, 0.6) is 0 Å². The van der Waals surface area contributed by atoms with Gasteiger partial charge in [0.1, 0.15) is 0 Å². The van der Waals surface area contributed by atoms with Crippen LogP contribution >= 0.6 is 11.6 Å². The van der Waals surface area contributed by atoms with E-state index in [1.54, 1.807) is 42.5 Å². The number of carbonyl (C=O) groups is 2. The standard InChI is InChI=1S/C28H26ClNO2/c29-26-12-5-4-11-25(26)28(32)30-24-10-6-7-20(19-24)13-18-27(31)23-16-14-22(15-17-23)21-8-2-1-3-9-21/h4-7,10-19,21H,1-3,8-9H2,(H,30,32)/b18-13+. The summed E-state index contributed by atoms with van der Waals surface area (Å²) >= 11 is 6.10. The number of benzene rings is 3. The minimum absolute atomic E-state index is 0.0364. The number of hydrogen-bond donors (Lipinski definition) is 1. The third-order valence-corrected chi connectivity index (χ3v) is 6.29. The summed E-state index contributed by atoms with van der Waals surface area (Å²) in [4.78, 5) is 25.1. The van der Waals surface area contributed by atoms with Crippen LogP contribution in [-0.2, 0) is 0 Å². The number of hydrogen-bond acceptors (Lipinski definition) is 2. The SMILES string of the molecule is O=C(/C=C/c1cccc(NC(=O)c2ccccc2Cl)c1)c1ccc(C2CCCCC2)cc1. The Kier molecular flexibility index (Phi) is 7.18. The van der Waals surface area contributed by atoms with Crippen molar-refractivity contribution < 1.29 is 9.59 Å². The van der Waals surface area contributed by atoms with E-state index in [0.717, 1.165) is 5.56 Å². The lowest BCUT2D eigenvalue weighted by molar-refractivity contribution is 0.102. The minimum atomic E-state index is -0.272. The molecule has 1 amide bonds. The summed E-state index contributed by atoms with van der Waals surface area (Å²) in [7, 11) is 0. The molecule has 3 aromatic rings. The normalized spacial score (nSPS) is 14.4. The molecule has 0 radical (unpaired) electrons. The lowest BCUT2D eigenvalue weighted by atomic mass is 9.84. The second-order valence-corrected chi connectivity index (χ2v) is 8.62. The van der Waals surface area contributed by atoms with Crippen LogP contribution in [0.1, 0.15) is 69.9 Å². The average molecular weight is 444 g/mol. The van der Waals surface area contributed by atoms with Gasteiger partial charge < -0.3 is 5.32 Å². The highest BCUT2D eigenvalue weighted by Crippen LogP contribution is 2.32. The van der Waals surface area contributed by atoms with Crippen molar-refractivity contribution in [3.63, 3.8) is 0 Å². The van der Waals surface area contributed by atoms with E-state index in [9.17, 15) is 9.59 Å². The van der Waals surface area contributed by atoms with Crippen LogP contribution in [0.4, 0.5) is 5.69 Å². The van der Waals surface area contributed by atoms with Crippen molar-refractivity contribution in [2.24, 2.45) is 0 Å². The smallest absolute Gasteiger partial charge is 0.257 e. The van der Waals surface area contributed by atoms with Crippen LogP contribution < -0.4 is 5.32 Å². The molecule has 1 aliphatic rings. The van der Waals surface area contributed by atoms with Gasteiger partial charge in [0.25, 0.3) is 5.91 Å². The topological polar surface area (TPSA) is 46.2 Å². The lowest BCUT2D eigenvalue weighted by Crippen LogP contribution is -2.12. The maximum atomic E-state index is 12.6. The molecule has 1 N–H and O–H groups in total. The molecule has 1 fully saturated rings. The van der Waals surface area contributed by atoms with Gasteiger partial charge in [-0.3, -0.25) is 9.59 Å². The van der Waals surface area contributed by atoms with E-state index < -0.39 is 0 Å². The highest BCUT2D eigenvalue weighted by molar-refractivity contribution is 6.34. The Hall–Kier alpha value is -3.17. The zero-order chi connectivity index (χ0) is 22.3. The quantitative estimate of drug-likeness (QED) is 0.316. The molecule has 1 saturated carbocycles. The second kappa shape index (κ2) is 10.4. The van der Waals surface area contributed by atoms with Crippen LogP contribution in [0, 0.1) is 0 Å². The van der Waals surface area contributed by atoms with Crippen molar-refractivity contribution in [3.8, 4) is 0 Å². The first-order valence-corrected chi connectivity index (χ1v) is 11.5. The van der Waals surface area contributed by atoms with Gasteiger partial charge in [-0.25, -0.2) is 0 Å². The third-order valence-electron chi connectivity index (χ3n) is 5.96. The molecule has 0 unspecified atom stereocenters. The number of rotatable bonds is 6. The number of ketones is 1. The first-order chi connectivity index (χ1) is 15.6. The molecule has 0 spiro atoms. The predicted octanol–water partition coefficient (Wildman–Crippen LogP) is 7.54. The zero-order valence-corrected chi connectivity index (χ0v) is 18.6. The van der Waals surface area contributed by atoms with Crippen molar-refractivity contribution >= 4 is 35.1 Å². The van der Waals surface area contributed by atoms with Gasteiger partial charge in [0, 0.05) is 11.3 Å². The van der Waals surface area contributed by atoms with Crippen LogP contribution in [0.2, 0.25) is 5.02 Å². The van der Waals surface area contributed by atoms with Gasteiger partial charge in [-0.15, -0.1) is 0 Å². The summed E-state index contributed by atoms with van der Waals surface area (Å²) in [5, 5.41) is 3.26. The molecule has 1 aliphatic carbocycles. The van der Waals surface area contributed by atoms with Gasteiger partial charge >= 0.3 is 0 Å². The number of halogens is 1.